The zero-order valence-corrected chi connectivity index (χ0v) is 18.2. The molecule has 0 unspecified atom stereocenters. The molecule has 1 aliphatic rings. The van der Waals surface area contributed by atoms with E-state index < -0.39 is 23.8 Å². The maximum atomic E-state index is 12.6. The molecule has 1 fully saturated rings. The lowest BCUT2D eigenvalue weighted by Crippen LogP contribution is -2.46. The average molecular weight is 427 g/mol. The van der Waals surface area contributed by atoms with Crippen molar-refractivity contribution in [3.8, 4) is 0 Å². The van der Waals surface area contributed by atoms with Gasteiger partial charge in [-0.15, -0.1) is 0 Å². The third-order valence-electron chi connectivity index (χ3n) is 4.74. The molecule has 3 rings (SSSR count). The third-order valence-corrected chi connectivity index (χ3v) is 4.74. The lowest BCUT2D eigenvalue weighted by atomic mass is 10.2. The van der Waals surface area contributed by atoms with E-state index in [-0.39, 0.29) is 19.3 Å². The summed E-state index contributed by atoms with van der Waals surface area (Å²) in [5, 5.41) is 2.84. The van der Waals surface area contributed by atoms with Crippen molar-refractivity contribution in [2.75, 3.05) is 13.1 Å². The molecule has 31 heavy (non-hydrogen) atoms. The number of benzene rings is 2. The average Bonchev–Trinajstić information content (AvgIpc) is 3.13. The smallest absolute Gasteiger partial charge is 0.410 e. The van der Waals surface area contributed by atoms with Gasteiger partial charge in [-0.2, -0.15) is 0 Å². The Bertz CT molecular complexity index is 851. The van der Waals surface area contributed by atoms with Gasteiger partial charge in [-0.05, 0) is 31.9 Å². The number of nitrogens with zero attached hydrogens (tertiary/aromatic N) is 1. The molecular formula is C24H30N2O5. The molecule has 7 heteroatoms. The Morgan fingerprint density at radius 3 is 2.10 bits per heavy atom. The topological polar surface area (TPSA) is 77.1 Å². The first-order valence-electron chi connectivity index (χ1n) is 10.4. The van der Waals surface area contributed by atoms with Crippen molar-refractivity contribution in [1.29, 1.82) is 0 Å². The molecule has 1 aliphatic heterocycles. The van der Waals surface area contributed by atoms with Crippen LogP contribution in [-0.4, -0.2) is 47.9 Å². The van der Waals surface area contributed by atoms with Crippen molar-refractivity contribution in [3.63, 3.8) is 0 Å². The molecular weight excluding hydrogens is 396 g/mol. The Hall–Kier alpha value is -3.06. The summed E-state index contributed by atoms with van der Waals surface area (Å²) in [6, 6.07) is 18.9. The Kier molecular flexibility index (Phi) is 7.52. The minimum absolute atomic E-state index is 0.190. The van der Waals surface area contributed by atoms with Gasteiger partial charge in [0.2, 0.25) is 0 Å². The standard InChI is InChI=1S/C24H30N2O5/c1-24(2,3)31-22(27)25-20-14-26(23(28)30-17-19-12-8-5-9-13-19)15-21(20)29-16-18-10-6-4-7-11-18/h4-13,20-21H,14-17H2,1-3H3,(H,25,27)/t20-,21-/m1/s1. The van der Waals surface area contributed by atoms with Gasteiger partial charge in [0.05, 0.1) is 25.3 Å². The highest BCUT2D eigenvalue weighted by atomic mass is 16.6. The Morgan fingerprint density at radius 2 is 1.52 bits per heavy atom. The quantitative estimate of drug-likeness (QED) is 0.752. The highest BCUT2D eigenvalue weighted by Crippen LogP contribution is 2.18. The van der Waals surface area contributed by atoms with Crippen LogP contribution in [0.5, 0.6) is 0 Å². The lowest BCUT2D eigenvalue weighted by molar-refractivity contribution is 0.0204. The fourth-order valence-corrected chi connectivity index (χ4v) is 3.28. The van der Waals surface area contributed by atoms with Crippen LogP contribution in [0.2, 0.25) is 0 Å². The molecule has 0 radical (unpaired) electrons. The Labute approximate surface area is 183 Å². The second kappa shape index (κ2) is 10.3. The molecule has 166 valence electrons. The number of amides is 2. The van der Waals surface area contributed by atoms with Gasteiger partial charge >= 0.3 is 12.2 Å². The van der Waals surface area contributed by atoms with E-state index >= 15 is 0 Å². The number of carbonyl (C=O) groups is 2. The van der Waals surface area contributed by atoms with Gasteiger partial charge in [-0.1, -0.05) is 60.7 Å². The van der Waals surface area contributed by atoms with Gasteiger partial charge in [0, 0.05) is 6.54 Å². The molecule has 7 nitrogen and oxygen atoms in total. The summed E-state index contributed by atoms with van der Waals surface area (Å²) in [6.07, 6.45) is -1.35. The predicted octanol–water partition coefficient (Wildman–Crippen LogP) is 4.12. The normalized spacial score (nSPS) is 18.5. The van der Waals surface area contributed by atoms with E-state index in [9.17, 15) is 9.59 Å². The molecule has 0 aliphatic carbocycles. The summed E-state index contributed by atoms with van der Waals surface area (Å²) < 4.78 is 16.9. The van der Waals surface area contributed by atoms with Crippen LogP contribution in [0.3, 0.4) is 0 Å². The molecule has 2 atom stereocenters. The van der Waals surface area contributed by atoms with Crippen molar-refractivity contribution in [2.24, 2.45) is 0 Å². The lowest BCUT2D eigenvalue weighted by Gasteiger charge is -2.24. The number of nitrogens with one attached hydrogen (secondary N) is 1. The van der Waals surface area contributed by atoms with Crippen molar-refractivity contribution < 1.29 is 23.8 Å². The van der Waals surface area contributed by atoms with Crippen molar-refractivity contribution in [2.45, 2.75) is 51.7 Å². The number of carbonyl (C=O) groups excluding carboxylic acids is 2. The van der Waals surface area contributed by atoms with E-state index in [1.165, 1.54) is 0 Å². The molecule has 0 bridgehead atoms. The fraction of sp³-hybridized carbons (Fsp3) is 0.417. The SMILES string of the molecule is CC(C)(C)OC(=O)N[C@@H]1CN(C(=O)OCc2ccccc2)C[C@H]1OCc1ccccc1. The number of hydrogen-bond donors (Lipinski definition) is 1. The highest BCUT2D eigenvalue weighted by Gasteiger charge is 2.38. The minimum atomic E-state index is -0.614. The highest BCUT2D eigenvalue weighted by molar-refractivity contribution is 5.70. The summed E-state index contributed by atoms with van der Waals surface area (Å²) in [5.41, 5.74) is 1.32. The van der Waals surface area contributed by atoms with Crippen molar-refractivity contribution in [3.05, 3.63) is 71.8 Å². The van der Waals surface area contributed by atoms with Crippen LogP contribution < -0.4 is 5.32 Å². The number of ether oxygens (including phenoxy) is 3. The fourth-order valence-electron chi connectivity index (χ4n) is 3.28. The summed E-state index contributed by atoms with van der Waals surface area (Å²) in [6.45, 7) is 6.58. The van der Waals surface area contributed by atoms with Crippen molar-refractivity contribution >= 4 is 12.2 Å². The number of likely N-dealkylation sites (tertiary alicyclic amines) is 1. The van der Waals surface area contributed by atoms with Crippen molar-refractivity contribution in [1.82, 2.24) is 10.2 Å². The molecule has 0 saturated carbocycles. The zero-order chi connectivity index (χ0) is 22.3. The molecule has 2 aromatic rings. The van der Waals surface area contributed by atoms with Crippen LogP contribution >= 0.6 is 0 Å². The first kappa shape index (κ1) is 22.6. The van der Waals surface area contributed by atoms with Gasteiger partial charge in [0.1, 0.15) is 12.2 Å². The van der Waals surface area contributed by atoms with E-state index in [1.807, 2.05) is 60.7 Å². The predicted molar refractivity (Wildman–Crippen MR) is 116 cm³/mol. The van der Waals surface area contributed by atoms with Crippen LogP contribution in [0, 0.1) is 0 Å². The molecule has 0 spiro atoms. The first-order chi connectivity index (χ1) is 14.8. The summed E-state index contributed by atoms with van der Waals surface area (Å²) in [5.74, 6) is 0. The second-order valence-electron chi connectivity index (χ2n) is 8.53. The molecule has 0 aromatic heterocycles. The maximum Gasteiger partial charge on any atom is 0.410 e. The number of hydrogen-bond acceptors (Lipinski definition) is 5. The van der Waals surface area contributed by atoms with E-state index in [0.29, 0.717) is 13.2 Å². The van der Waals surface area contributed by atoms with E-state index in [2.05, 4.69) is 5.32 Å². The van der Waals surface area contributed by atoms with Gasteiger partial charge in [0.15, 0.2) is 0 Å². The van der Waals surface area contributed by atoms with Crippen LogP contribution in [-0.2, 0) is 27.4 Å². The van der Waals surface area contributed by atoms with E-state index in [0.717, 1.165) is 11.1 Å². The van der Waals surface area contributed by atoms with Gasteiger partial charge in [0.25, 0.3) is 0 Å². The third kappa shape index (κ3) is 7.29. The Morgan fingerprint density at radius 1 is 0.935 bits per heavy atom. The Balaban J connectivity index is 1.60. The minimum Gasteiger partial charge on any atom is -0.445 e. The molecule has 1 N–H and O–H groups in total. The van der Waals surface area contributed by atoms with Crippen LogP contribution in [0.15, 0.2) is 60.7 Å². The van der Waals surface area contributed by atoms with E-state index in [4.69, 9.17) is 14.2 Å². The van der Waals surface area contributed by atoms with Crippen LogP contribution in [0.4, 0.5) is 9.59 Å². The largest absolute Gasteiger partial charge is 0.445 e. The number of rotatable bonds is 6. The van der Waals surface area contributed by atoms with Gasteiger partial charge in [-0.3, -0.25) is 0 Å². The maximum absolute atomic E-state index is 12.6. The van der Waals surface area contributed by atoms with Gasteiger partial charge in [-0.25, -0.2) is 9.59 Å². The molecule has 2 aromatic carbocycles. The summed E-state index contributed by atoms with van der Waals surface area (Å²) in [7, 11) is 0. The van der Waals surface area contributed by atoms with Gasteiger partial charge < -0.3 is 24.4 Å². The molecule has 1 heterocycles. The van der Waals surface area contributed by atoms with E-state index in [1.54, 1.807) is 25.7 Å². The number of alkyl carbamates (subject to hydrolysis) is 1. The summed E-state index contributed by atoms with van der Waals surface area (Å²) in [4.78, 5) is 26.5. The van der Waals surface area contributed by atoms with Crippen LogP contribution in [0.1, 0.15) is 31.9 Å². The van der Waals surface area contributed by atoms with Crippen LogP contribution in [0.25, 0.3) is 0 Å². The zero-order valence-electron chi connectivity index (χ0n) is 18.2. The summed E-state index contributed by atoms with van der Waals surface area (Å²) >= 11 is 0. The molecule has 1 saturated heterocycles. The monoisotopic (exact) mass is 426 g/mol. The molecule has 2 amide bonds. The second-order valence-corrected chi connectivity index (χ2v) is 8.53. The first-order valence-corrected chi connectivity index (χ1v) is 10.4.